The minimum absolute atomic E-state index is 0.132. The number of ketones is 1. The minimum Gasteiger partial charge on any atom is -0.358 e. The third kappa shape index (κ3) is 1.44. The van der Waals surface area contributed by atoms with Crippen molar-refractivity contribution in [2.75, 3.05) is 6.54 Å². The third-order valence-corrected chi connectivity index (χ3v) is 4.21. The van der Waals surface area contributed by atoms with E-state index in [1.807, 2.05) is 12.1 Å². The molecule has 2 aliphatic rings. The molecule has 0 saturated heterocycles. The van der Waals surface area contributed by atoms with Gasteiger partial charge in [-0.1, -0.05) is 26.0 Å². The molecule has 1 N–H and O–H groups in total. The number of hydrogen-bond acceptors (Lipinski definition) is 2. The summed E-state index contributed by atoms with van der Waals surface area (Å²) in [5, 5.41) is 1.09. The molecule has 3 nitrogen and oxygen atoms in total. The van der Waals surface area contributed by atoms with Gasteiger partial charge < -0.3 is 4.98 Å². The second-order valence-corrected chi connectivity index (χ2v) is 6.41. The van der Waals surface area contributed by atoms with Gasteiger partial charge in [-0.15, -0.1) is 0 Å². The number of hydrogen-bond donors (Lipinski definition) is 1. The summed E-state index contributed by atoms with van der Waals surface area (Å²) in [6.07, 6.45) is 1.97. The van der Waals surface area contributed by atoms with Gasteiger partial charge in [-0.05, 0) is 24.3 Å². The maximum Gasteiger partial charge on any atom is 0.184 e. The summed E-state index contributed by atoms with van der Waals surface area (Å²) in [4.78, 5) is 20.3. The first-order chi connectivity index (χ1) is 9.05. The van der Waals surface area contributed by atoms with E-state index in [1.165, 1.54) is 11.3 Å². The lowest BCUT2D eigenvalue weighted by Crippen LogP contribution is -2.27. The molecule has 0 atom stereocenters. The first-order valence-corrected chi connectivity index (χ1v) is 6.76. The summed E-state index contributed by atoms with van der Waals surface area (Å²) >= 11 is 0. The minimum atomic E-state index is 0.132. The summed E-state index contributed by atoms with van der Waals surface area (Å²) in [6, 6.07) is 5.94. The van der Waals surface area contributed by atoms with Crippen LogP contribution >= 0.6 is 0 Å². The fourth-order valence-electron chi connectivity index (χ4n) is 3.46. The second kappa shape index (κ2) is 3.35. The average Bonchev–Trinajstić information content (AvgIpc) is 2.64. The molecule has 1 aromatic carbocycles. The summed E-state index contributed by atoms with van der Waals surface area (Å²) in [7, 11) is 0. The van der Waals surface area contributed by atoms with Gasteiger partial charge in [-0.25, -0.2) is 0 Å². The Balaban J connectivity index is 2.14. The molecule has 0 fully saturated rings. The third-order valence-electron chi connectivity index (χ3n) is 4.21. The fourth-order valence-corrected chi connectivity index (χ4v) is 3.46. The molecule has 96 valence electrons. The van der Waals surface area contributed by atoms with E-state index in [0.717, 1.165) is 35.0 Å². The van der Waals surface area contributed by atoms with Gasteiger partial charge in [0.2, 0.25) is 0 Å². The number of carbonyl (C=O) groups is 1. The fraction of sp³-hybridized carbons (Fsp3) is 0.375. The number of aromatic amines is 1. The van der Waals surface area contributed by atoms with Crippen molar-refractivity contribution < 1.29 is 4.79 Å². The SMILES string of the molecule is CC1(C)CC2=NCC(=O)c3cccc4[nH]c(c2c34)C1. The number of H-pyrrole nitrogens is 1. The molecule has 3 heteroatoms. The largest absolute Gasteiger partial charge is 0.358 e. The van der Waals surface area contributed by atoms with Crippen molar-refractivity contribution in [3.05, 3.63) is 35.0 Å². The van der Waals surface area contributed by atoms with E-state index >= 15 is 0 Å². The van der Waals surface area contributed by atoms with Crippen molar-refractivity contribution in [2.45, 2.75) is 26.7 Å². The molecule has 0 amide bonds. The standard InChI is InChI=1S/C16H16N2O/c1-16(2)6-11-15-12(7-16)18-10-5-3-4-9(14(10)15)13(19)8-17-11/h3-5,18H,6-8H2,1-2H3. The maximum absolute atomic E-state index is 12.2. The van der Waals surface area contributed by atoms with Gasteiger partial charge in [0.25, 0.3) is 0 Å². The topological polar surface area (TPSA) is 45.2 Å². The predicted molar refractivity (Wildman–Crippen MR) is 76.1 cm³/mol. The first-order valence-electron chi connectivity index (χ1n) is 6.76. The Labute approximate surface area is 111 Å². The molecule has 0 bridgehead atoms. The van der Waals surface area contributed by atoms with Crippen molar-refractivity contribution in [1.29, 1.82) is 0 Å². The van der Waals surface area contributed by atoms with Gasteiger partial charge in [-0.3, -0.25) is 9.79 Å². The van der Waals surface area contributed by atoms with Gasteiger partial charge in [-0.2, -0.15) is 0 Å². The molecule has 2 aromatic rings. The highest BCUT2D eigenvalue weighted by molar-refractivity contribution is 6.22. The van der Waals surface area contributed by atoms with Gasteiger partial charge in [0.1, 0.15) is 6.54 Å². The van der Waals surface area contributed by atoms with Crippen LogP contribution in [0.3, 0.4) is 0 Å². The van der Waals surface area contributed by atoms with Crippen LogP contribution in [-0.2, 0) is 6.42 Å². The zero-order valence-electron chi connectivity index (χ0n) is 11.2. The van der Waals surface area contributed by atoms with Crippen molar-refractivity contribution in [3.8, 4) is 0 Å². The maximum atomic E-state index is 12.2. The van der Waals surface area contributed by atoms with Crippen LogP contribution in [0.15, 0.2) is 23.2 Å². The number of nitrogens with one attached hydrogen (secondary N) is 1. The van der Waals surface area contributed by atoms with E-state index in [-0.39, 0.29) is 11.2 Å². The van der Waals surface area contributed by atoms with Gasteiger partial charge in [0.15, 0.2) is 5.78 Å². The first kappa shape index (κ1) is 11.0. The Morgan fingerprint density at radius 1 is 1.26 bits per heavy atom. The number of carbonyl (C=O) groups excluding carboxylic acids is 1. The van der Waals surface area contributed by atoms with Crippen molar-refractivity contribution >= 4 is 22.4 Å². The average molecular weight is 252 g/mol. The molecule has 0 unspecified atom stereocenters. The Hall–Kier alpha value is -1.90. The second-order valence-electron chi connectivity index (χ2n) is 6.41. The number of Topliss-reactive ketones (excluding diaryl/α,β-unsaturated/α-hetero) is 1. The van der Waals surface area contributed by atoms with Crippen LogP contribution in [-0.4, -0.2) is 23.0 Å². The van der Waals surface area contributed by atoms with Crippen molar-refractivity contribution in [1.82, 2.24) is 4.98 Å². The smallest absolute Gasteiger partial charge is 0.184 e. The van der Waals surface area contributed by atoms with E-state index in [2.05, 4.69) is 29.9 Å². The molecule has 19 heavy (non-hydrogen) atoms. The Bertz CT molecular complexity index is 749. The van der Waals surface area contributed by atoms with E-state index in [1.54, 1.807) is 0 Å². The highest BCUT2D eigenvalue weighted by Gasteiger charge is 2.34. The van der Waals surface area contributed by atoms with Crippen molar-refractivity contribution in [3.63, 3.8) is 0 Å². The van der Waals surface area contributed by atoms with Gasteiger partial charge >= 0.3 is 0 Å². The highest BCUT2D eigenvalue weighted by atomic mass is 16.1. The Kier molecular flexibility index (Phi) is 1.93. The molecular formula is C16H16N2O. The highest BCUT2D eigenvalue weighted by Crippen LogP contribution is 2.40. The molecule has 0 saturated carbocycles. The van der Waals surface area contributed by atoms with Crippen LogP contribution in [0.2, 0.25) is 0 Å². The van der Waals surface area contributed by atoms with Crippen LogP contribution in [0.25, 0.3) is 10.9 Å². The van der Waals surface area contributed by atoms with E-state index in [0.29, 0.717) is 6.54 Å². The van der Waals surface area contributed by atoms with Crippen LogP contribution in [0.5, 0.6) is 0 Å². The Morgan fingerprint density at radius 2 is 2.11 bits per heavy atom. The number of aliphatic imine (C=N–C) groups is 1. The number of aromatic nitrogens is 1. The lowest BCUT2D eigenvalue weighted by Gasteiger charge is -2.30. The number of rotatable bonds is 0. The molecule has 0 spiro atoms. The van der Waals surface area contributed by atoms with Gasteiger partial charge in [0, 0.05) is 33.4 Å². The molecular weight excluding hydrogens is 236 g/mol. The molecule has 1 aliphatic heterocycles. The monoisotopic (exact) mass is 252 g/mol. The predicted octanol–water partition coefficient (Wildman–Crippen LogP) is 3.13. The lowest BCUT2D eigenvalue weighted by atomic mass is 9.75. The number of nitrogens with zero attached hydrogens (tertiary/aromatic N) is 1. The van der Waals surface area contributed by atoms with Crippen LogP contribution in [0.4, 0.5) is 0 Å². The summed E-state index contributed by atoms with van der Waals surface area (Å²) in [5.74, 6) is 0.132. The zero-order valence-corrected chi connectivity index (χ0v) is 11.2. The molecule has 1 aliphatic carbocycles. The molecule has 4 rings (SSSR count). The number of benzene rings is 1. The summed E-state index contributed by atoms with van der Waals surface area (Å²) in [5.41, 5.74) is 5.66. The van der Waals surface area contributed by atoms with E-state index < -0.39 is 0 Å². The quantitative estimate of drug-likeness (QED) is 0.769. The normalized spacial score (nSPS) is 20.3. The van der Waals surface area contributed by atoms with E-state index in [4.69, 9.17) is 0 Å². The van der Waals surface area contributed by atoms with Crippen LogP contribution in [0.1, 0.15) is 41.9 Å². The lowest BCUT2D eigenvalue weighted by molar-refractivity contribution is 0.100. The molecule has 2 heterocycles. The summed E-state index contributed by atoms with van der Waals surface area (Å²) < 4.78 is 0. The van der Waals surface area contributed by atoms with Crippen LogP contribution < -0.4 is 0 Å². The summed E-state index contributed by atoms with van der Waals surface area (Å²) in [6.45, 7) is 4.81. The van der Waals surface area contributed by atoms with Gasteiger partial charge in [0.05, 0.1) is 0 Å². The Morgan fingerprint density at radius 3 is 2.95 bits per heavy atom. The van der Waals surface area contributed by atoms with Crippen molar-refractivity contribution in [2.24, 2.45) is 10.4 Å². The van der Waals surface area contributed by atoms with E-state index in [9.17, 15) is 4.79 Å². The molecule has 1 aromatic heterocycles. The van der Waals surface area contributed by atoms with Crippen LogP contribution in [0, 0.1) is 5.41 Å². The zero-order chi connectivity index (χ0) is 13.2. The molecule has 0 radical (unpaired) electrons.